The van der Waals surface area contributed by atoms with Crippen LogP contribution < -0.4 is 0 Å². The van der Waals surface area contributed by atoms with Crippen LogP contribution in [0.5, 0.6) is 0 Å². The average Bonchev–Trinajstić information content (AvgIpc) is 3.13. The van der Waals surface area contributed by atoms with Crippen LogP contribution in [0.4, 0.5) is 0 Å². The van der Waals surface area contributed by atoms with Gasteiger partial charge in [-0.3, -0.25) is 4.98 Å². The SMILES string of the molecule is Cc1cc2cc(C(C)C)cc(-c3nccc4cc(C5CCCCC5)ccc34)c2o1. The van der Waals surface area contributed by atoms with Gasteiger partial charge < -0.3 is 4.42 Å². The summed E-state index contributed by atoms with van der Waals surface area (Å²) in [5.74, 6) is 2.12. The molecule has 0 unspecified atom stereocenters. The number of benzene rings is 2. The zero-order valence-electron chi connectivity index (χ0n) is 17.7. The Morgan fingerprint density at radius 3 is 2.55 bits per heavy atom. The van der Waals surface area contributed by atoms with Crippen LogP contribution in [0.15, 0.2) is 53.1 Å². The van der Waals surface area contributed by atoms with Crippen molar-refractivity contribution in [1.82, 2.24) is 4.98 Å². The van der Waals surface area contributed by atoms with Crippen molar-refractivity contribution in [3.63, 3.8) is 0 Å². The van der Waals surface area contributed by atoms with Gasteiger partial charge >= 0.3 is 0 Å². The van der Waals surface area contributed by atoms with Gasteiger partial charge in [0.15, 0.2) is 0 Å². The van der Waals surface area contributed by atoms with Crippen LogP contribution in [0, 0.1) is 6.92 Å². The molecule has 2 heteroatoms. The van der Waals surface area contributed by atoms with Gasteiger partial charge in [-0.15, -0.1) is 0 Å². The second kappa shape index (κ2) is 7.33. The minimum absolute atomic E-state index is 0.459. The van der Waals surface area contributed by atoms with Crippen molar-refractivity contribution in [1.29, 1.82) is 0 Å². The molecule has 0 aliphatic heterocycles. The summed E-state index contributed by atoms with van der Waals surface area (Å²) >= 11 is 0. The van der Waals surface area contributed by atoms with Crippen molar-refractivity contribution in [2.75, 3.05) is 0 Å². The molecule has 0 N–H and O–H groups in total. The molecule has 29 heavy (non-hydrogen) atoms. The summed E-state index contributed by atoms with van der Waals surface area (Å²) in [5, 5.41) is 3.66. The Morgan fingerprint density at radius 2 is 1.76 bits per heavy atom. The standard InChI is InChI=1S/C27H29NO/c1-17(2)22-15-23-13-18(3)29-27(23)25(16-22)26-24-10-9-20(14-21(24)11-12-28-26)19-7-5-4-6-8-19/h9-17,19H,4-8H2,1-3H3. The lowest BCUT2D eigenvalue weighted by molar-refractivity contribution is 0.444. The Kier molecular flexibility index (Phi) is 4.66. The highest BCUT2D eigenvalue weighted by Gasteiger charge is 2.18. The molecule has 4 aromatic rings. The summed E-state index contributed by atoms with van der Waals surface area (Å²) in [6.45, 7) is 6.50. The number of hydrogen-bond donors (Lipinski definition) is 0. The van der Waals surface area contributed by atoms with E-state index < -0.39 is 0 Å². The summed E-state index contributed by atoms with van der Waals surface area (Å²) in [6, 6.07) is 15.8. The van der Waals surface area contributed by atoms with E-state index in [0.717, 1.165) is 22.6 Å². The smallest absolute Gasteiger partial charge is 0.143 e. The molecular formula is C27H29NO. The Bertz CT molecular complexity index is 1180. The summed E-state index contributed by atoms with van der Waals surface area (Å²) < 4.78 is 6.12. The topological polar surface area (TPSA) is 26.0 Å². The molecule has 0 bridgehead atoms. The molecule has 2 aromatic carbocycles. The predicted octanol–water partition coefficient (Wildman–Crippen LogP) is 8.13. The number of aromatic nitrogens is 1. The van der Waals surface area contributed by atoms with Crippen LogP contribution >= 0.6 is 0 Å². The molecule has 5 rings (SSSR count). The van der Waals surface area contributed by atoms with Crippen LogP contribution in [-0.2, 0) is 0 Å². The molecular weight excluding hydrogens is 354 g/mol. The van der Waals surface area contributed by atoms with Crippen molar-refractivity contribution < 1.29 is 4.42 Å². The maximum Gasteiger partial charge on any atom is 0.143 e. The molecule has 0 saturated heterocycles. The lowest BCUT2D eigenvalue weighted by Gasteiger charge is -2.22. The normalized spacial score (nSPS) is 15.6. The Morgan fingerprint density at radius 1 is 0.931 bits per heavy atom. The second-order valence-electron chi connectivity index (χ2n) is 8.97. The zero-order valence-corrected chi connectivity index (χ0v) is 17.7. The minimum atomic E-state index is 0.459. The molecule has 1 aliphatic carbocycles. The van der Waals surface area contributed by atoms with Gasteiger partial charge in [0, 0.05) is 22.5 Å². The van der Waals surface area contributed by atoms with Crippen LogP contribution in [0.1, 0.15) is 74.7 Å². The molecule has 0 spiro atoms. The molecule has 0 radical (unpaired) electrons. The third-order valence-corrected chi connectivity index (χ3v) is 6.55. The van der Waals surface area contributed by atoms with E-state index in [4.69, 9.17) is 9.40 Å². The third kappa shape index (κ3) is 3.35. The molecule has 2 heterocycles. The molecule has 2 nitrogen and oxygen atoms in total. The van der Waals surface area contributed by atoms with Gasteiger partial charge in [-0.2, -0.15) is 0 Å². The fourth-order valence-electron chi connectivity index (χ4n) is 4.92. The van der Waals surface area contributed by atoms with Crippen molar-refractivity contribution in [2.24, 2.45) is 0 Å². The minimum Gasteiger partial charge on any atom is -0.461 e. The average molecular weight is 384 g/mol. The van der Waals surface area contributed by atoms with E-state index in [0.29, 0.717) is 11.8 Å². The summed E-state index contributed by atoms with van der Waals surface area (Å²) in [5.41, 5.74) is 5.90. The van der Waals surface area contributed by atoms with E-state index in [1.165, 1.54) is 59.4 Å². The molecule has 1 fully saturated rings. The quantitative estimate of drug-likeness (QED) is 0.357. The van der Waals surface area contributed by atoms with E-state index in [-0.39, 0.29) is 0 Å². The van der Waals surface area contributed by atoms with Gasteiger partial charge in [0.25, 0.3) is 0 Å². The Hall–Kier alpha value is -2.61. The first-order valence-corrected chi connectivity index (χ1v) is 11.0. The van der Waals surface area contributed by atoms with Crippen molar-refractivity contribution in [2.45, 2.75) is 64.7 Å². The second-order valence-corrected chi connectivity index (χ2v) is 8.97. The van der Waals surface area contributed by atoms with E-state index in [9.17, 15) is 0 Å². The van der Waals surface area contributed by atoms with Gasteiger partial charge in [-0.25, -0.2) is 0 Å². The number of hydrogen-bond acceptors (Lipinski definition) is 2. The summed E-state index contributed by atoms with van der Waals surface area (Å²) in [6.07, 6.45) is 8.72. The molecule has 0 amide bonds. The van der Waals surface area contributed by atoms with Crippen molar-refractivity contribution in [3.05, 3.63) is 65.5 Å². The number of nitrogens with zero attached hydrogens (tertiary/aromatic N) is 1. The molecule has 2 aromatic heterocycles. The van der Waals surface area contributed by atoms with E-state index in [1.54, 1.807) is 0 Å². The summed E-state index contributed by atoms with van der Waals surface area (Å²) in [7, 11) is 0. The number of aryl methyl sites for hydroxylation is 1. The number of fused-ring (bicyclic) bond motifs is 2. The van der Waals surface area contributed by atoms with Gasteiger partial charge in [0.1, 0.15) is 11.3 Å². The predicted molar refractivity (Wildman–Crippen MR) is 122 cm³/mol. The van der Waals surface area contributed by atoms with Gasteiger partial charge in [-0.05, 0) is 72.4 Å². The summed E-state index contributed by atoms with van der Waals surface area (Å²) in [4.78, 5) is 4.82. The molecule has 148 valence electrons. The Balaban J connectivity index is 1.69. The van der Waals surface area contributed by atoms with Gasteiger partial charge in [0.05, 0.1) is 5.69 Å². The Labute approximate surface area is 173 Å². The van der Waals surface area contributed by atoms with Crippen molar-refractivity contribution >= 4 is 21.7 Å². The maximum absolute atomic E-state index is 6.12. The third-order valence-electron chi connectivity index (χ3n) is 6.55. The zero-order chi connectivity index (χ0) is 20.0. The molecule has 0 atom stereocenters. The highest BCUT2D eigenvalue weighted by atomic mass is 16.3. The first-order chi connectivity index (χ1) is 14.1. The number of rotatable bonds is 3. The fraction of sp³-hybridized carbons (Fsp3) is 0.370. The number of furan rings is 1. The lowest BCUT2D eigenvalue weighted by Crippen LogP contribution is -2.04. The first kappa shape index (κ1) is 18.4. The largest absolute Gasteiger partial charge is 0.461 e. The van der Waals surface area contributed by atoms with Gasteiger partial charge in [-0.1, -0.05) is 51.3 Å². The molecule has 1 saturated carbocycles. The van der Waals surface area contributed by atoms with E-state index in [1.807, 2.05) is 13.1 Å². The first-order valence-electron chi connectivity index (χ1n) is 11.0. The fourth-order valence-corrected chi connectivity index (χ4v) is 4.92. The van der Waals surface area contributed by atoms with Crippen LogP contribution in [0.2, 0.25) is 0 Å². The monoisotopic (exact) mass is 383 g/mol. The maximum atomic E-state index is 6.12. The van der Waals surface area contributed by atoms with Crippen LogP contribution in [0.3, 0.4) is 0 Å². The van der Waals surface area contributed by atoms with Crippen LogP contribution in [0.25, 0.3) is 33.0 Å². The number of pyridine rings is 1. The lowest BCUT2D eigenvalue weighted by atomic mass is 9.83. The highest BCUT2D eigenvalue weighted by molar-refractivity contribution is 6.02. The van der Waals surface area contributed by atoms with E-state index >= 15 is 0 Å². The molecule has 1 aliphatic rings. The highest BCUT2D eigenvalue weighted by Crippen LogP contribution is 2.38. The van der Waals surface area contributed by atoms with Gasteiger partial charge in [0.2, 0.25) is 0 Å². The van der Waals surface area contributed by atoms with Crippen molar-refractivity contribution in [3.8, 4) is 11.3 Å². The van der Waals surface area contributed by atoms with E-state index in [2.05, 4.69) is 56.3 Å². The van der Waals surface area contributed by atoms with Crippen LogP contribution in [-0.4, -0.2) is 4.98 Å².